The van der Waals surface area contributed by atoms with Gasteiger partial charge in [0.05, 0.1) is 18.1 Å². The maximum atomic E-state index is 12.3. The van der Waals surface area contributed by atoms with E-state index in [9.17, 15) is 9.90 Å². The summed E-state index contributed by atoms with van der Waals surface area (Å²) in [7, 11) is 0. The summed E-state index contributed by atoms with van der Waals surface area (Å²) in [5, 5.41) is 10.4. The Labute approximate surface area is 120 Å². The van der Waals surface area contributed by atoms with Crippen molar-refractivity contribution in [3.8, 4) is 0 Å². The van der Waals surface area contributed by atoms with Crippen LogP contribution in [0.1, 0.15) is 24.3 Å². The summed E-state index contributed by atoms with van der Waals surface area (Å²) in [4.78, 5) is 14.0. The summed E-state index contributed by atoms with van der Waals surface area (Å²) in [6.07, 6.45) is 4.33. The van der Waals surface area contributed by atoms with Crippen molar-refractivity contribution in [2.24, 2.45) is 0 Å². The van der Waals surface area contributed by atoms with Crippen LogP contribution in [0.2, 0.25) is 0 Å². The molecule has 1 unspecified atom stereocenters. The number of β-lactam (4-membered cyclic amide) rings is 1. The number of aliphatic hydroxyl groups is 1. The molecular formula is C17H21NO2. The molecule has 2 rings (SSSR count). The highest BCUT2D eigenvalue weighted by molar-refractivity contribution is 5.91. The Morgan fingerprint density at radius 2 is 1.95 bits per heavy atom. The summed E-state index contributed by atoms with van der Waals surface area (Å²) in [6.45, 7) is 7.84. The van der Waals surface area contributed by atoms with Gasteiger partial charge in [0.15, 0.2) is 0 Å². The van der Waals surface area contributed by atoms with Gasteiger partial charge in [0, 0.05) is 6.54 Å². The van der Waals surface area contributed by atoms with Gasteiger partial charge in [0.1, 0.15) is 0 Å². The number of carbonyl (C=O) groups excluding carboxylic acids is 1. The van der Waals surface area contributed by atoms with Gasteiger partial charge >= 0.3 is 0 Å². The number of amides is 1. The van der Waals surface area contributed by atoms with E-state index in [0.29, 0.717) is 13.0 Å². The predicted octanol–water partition coefficient (Wildman–Crippen LogP) is 2.49. The zero-order valence-corrected chi connectivity index (χ0v) is 11.6. The number of benzene rings is 1. The van der Waals surface area contributed by atoms with E-state index in [4.69, 9.17) is 0 Å². The molecule has 3 atom stereocenters. The second kappa shape index (κ2) is 6.53. The molecule has 1 amide bonds. The average Bonchev–Trinajstić information content (AvgIpc) is 2.48. The molecule has 1 N–H and O–H groups in total. The van der Waals surface area contributed by atoms with E-state index in [0.717, 1.165) is 12.0 Å². The summed E-state index contributed by atoms with van der Waals surface area (Å²) in [5.74, 6) is -0.172. The van der Waals surface area contributed by atoms with E-state index in [1.807, 2.05) is 30.3 Å². The van der Waals surface area contributed by atoms with Crippen molar-refractivity contribution < 1.29 is 9.90 Å². The fourth-order valence-corrected chi connectivity index (χ4v) is 2.81. The Balaban J connectivity index is 2.19. The van der Waals surface area contributed by atoms with Crippen molar-refractivity contribution >= 4 is 5.91 Å². The number of nitrogens with zero attached hydrogens (tertiary/aromatic N) is 1. The van der Waals surface area contributed by atoms with E-state index >= 15 is 0 Å². The molecule has 0 spiro atoms. The lowest BCUT2D eigenvalue weighted by Gasteiger charge is -2.49. The van der Waals surface area contributed by atoms with Gasteiger partial charge in [-0.05, 0) is 18.4 Å². The Morgan fingerprint density at radius 3 is 2.55 bits per heavy atom. The highest BCUT2D eigenvalue weighted by Gasteiger charge is 2.50. The second-order valence-electron chi connectivity index (χ2n) is 5.09. The molecule has 0 saturated carbocycles. The third kappa shape index (κ3) is 2.68. The van der Waals surface area contributed by atoms with Gasteiger partial charge < -0.3 is 10.0 Å². The third-order valence-corrected chi connectivity index (χ3v) is 3.80. The second-order valence-corrected chi connectivity index (χ2v) is 5.09. The minimum atomic E-state index is -0.532. The number of hydrogen-bond donors (Lipinski definition) is 1. The molecule has 3 heteroatoms. The minimum Gasteiger partial charge on any atom is -0.391 e. The number of allylic oxidation sites excluding steroid dienone is 1. The summed E-state index contributed by atoms with van der Waals surface area (Å²) in [6, 6.07) is 9.50. The van der Waals surface area contributed by atoms with Crippen LogP contribution in [-0.4, -0.2) is 34.6 Å². The summed E-state index contributed by atoms with van der Waals surface area (Å²) in [5.41, 5.74) is 0.973. The smallest absolute Gasteiger partial charge is 0.232 e. The molecule has 1 aromatic rings. The van der Waals surface area contributed by atoms with Crippen molar-refractivity contribution in [1.29, 1.82) is 0 Å². The maximum absolute atomic E-state index is 12.3. The van der Waals surface area contributed by atoms with E-state index < -0.39 is 6.10 Å². The Bertz CT molecular complexity index is 483. The highest BCUT2D eigenvalue weighted by atomic mass is 16.3. The monoisotopic (exact) mass is 271 g/mol. The molecule has 0 aromatic heterocycles. The Morgan fingerprint density at radius 1 is 1.25 bits per heavy atom. The standard InChI is InChI=1S/C17H21NO2/c1-3-5-11-14(19)16-15(13-9-7-6-8-10-13)17(20)18(16)12-4-2/h3-4,6-10,14-16,19H,1-2,5,11-12H2/t14?,15-,16-/m1/s1. The van der Waals surface area contributed by atoms with Crippen molar-refractivity contribution in [3.63, 3.8) is 0 Å². The topological polar surface area (TPSA) is 40.5 Å². The summed E-state index contributed by atoms with van der Waals surface area (Å²) < 4.78 is 0. The fourth-order valence-electron chi connectivity index (χ4n) is 2.81. The lowest BCUT2D eigenvalue weighted by Crippen LogP contribution is -2.63. The predicted molar refractivity (Wildman–Crippen MR) is 80.3 cm³/mol. The largest absolute Gasteiger partial charge is 0.391 e. The van der Waals surface area contributed by atoms with Crippen LogP contribution in [0.15, 0.2) is 55.6 Å². The zero-order chi connectivity index (χ0) is 14.5. The molecule has 0 bridgehead atoms. The molecular weight excluding hydrogens is 250 g/mol. The first-order valence-corrected chi connectivity index (χ1v) is 6.96. The Kier molecular flexibility index (Phi) is 4.74. The molecule has 1 saturated heterocycles. The van der Waals surface area contributed by atoms with Crippen LogP contribution >= 0.6 is 0 Å². The zero-order valence-electron chi connectivity index (χ0n) is 11.6. The number of hydrogen-bond acceptors (Lipinski definition) is 2. The molecule has 106 valence electrons. The van der Waals surface area contributed by atoms with Gasteiger partial charge in [0.25, 0.3) is 0 Å². The summed E-state index contributed by atoms with van der Waals surface area (Å²) >= 11 is 0. The van der Waals surface area contributed by atoms with E-state index in [2.05, 4.69) is 13.2 Å². The highest BCUT2D eigenvalue weighted by Crippen LogP contribution is 2.38. The Hall–Kier alpha value is -1.87. The van der Waals surface area contributed by atoms with Gasteiger partial charge in [-0.1, -0.05) is 42.5 Å². The molecule has 0 radical (unpaired) electrons. The van der Waals surface area contributed by atoms with Crippen LogP contribution in [0.4, 0.5) is 0 Å². The first-order chi connectivity index (χ1) is 9.70. The molecule has 1 aromatic carbocycles. The molecule has 1 fully saturated rings. The molecule has 0 aliphatic carbocycles. The first kappa shape index (κ1) is 14.5. The lowest BCUT2D eigenvalue weighted by atomic mass is 9.77. The van der Waals surface area contributed by atoms with Gasteiger partial charge in [-0.3, -0.25) is 4.79 Å². The van der Waals surface area contributed by atoms with Crippen LogP contribution in [0.3, 0.4) is 0 Å². The molecule has 1 aliphatic rings. The number of rotatable bonds is 7. The van der Waals surface area contributed by atoms with Crippen LogP contribution in [-0.2, 0) is 4.79 Å². The van der Waals surface area contributed by atoms with Crippen molar-refractivity contribution in [2.45, 2.75) is 30.9 Å². The molecule has 20 heavy (non-hydrogen) atoms. The van der Waals surface area contributed by atoms with E-state index in [-0.39, 0.29) is 17.9 Å². The first-order valence-electron chi connectivity index (χ1n) is 6.96. The minimum absolute atomic E-state index is 0.0683. The number of aliphatic hydroxyl groups excluding tert-OH is 1. The number of carbonyl (C=O) groups is 1. The van der Waals surface area contributed by atoms with Gasteiger partial charge in [-0.2, -0.15) is 0 Å². The van der Waals surface area contributed by atoms with Crippen LogP contribution in [0, 0.1) is 0 Å². The van der Waals surface area contributed by atoms with Crippen LogP contribution < -0.4 is 0 Å². The quantitative estimate of drug-likeness (QED) is 0.611. The lowest BCUT2D eigenvalue weighted by molar-refractivity contribution is -0.155. The SMILES string of the molecule is C=CCCC(O)[C@@H]1[C@@H](c2ccccc2)C(=O)N1CC=C. The van der Waals surface area contributed by atoms with E-state index in [1.165, 1.54) is 0 Å². The molecule has 1 heterocycles. The van der Waals surface area contributed by atoms with Crippen LogP contribution in [0.25, 0.3) is 0 Å². The molecule has 1 aliphatic heterocycles. The average molecular weight is 271 g/mol. The van der Waals surface area contributed by atoms with Crippen molar-refractivity contribution in [2.75, 3.05) is 6.54 Å². The normalized spacial score (nSPS) is 23.1. The number of likely N-dealkylation sites (tertiary alicyclic amines) is 1. The van der Waals surface area contributed by atoms with Crippen molar-refractivity contribution in [3.05, 3.63) is 61.2 Å². The van der Waals surface area contributed by atoms with E-state index in [1.54, 1.807) is 17.1 Å². The third-order valence-electron chi connectivity index (χ3n) is 3.80. The van der Waals surface area contributed by atoms with Gasteiger partial charge in [-0.25, -0.2) is 0 Å². The maximum Gasteiger partial charge on any atom is 0.232 e. The van der Waals surface area contributed by atoms with Crippen LogP contribution in [0.5, 0.6) is 0 Å². The van der Waals surface area contributed by atoms with Gasteiger partial charge in [0.2, 0.25) is 5.91 Å². The molecule has 3 nitrogen and oxygen atoms in total. The van der Waals surface area contributed by atoms with Crippen molar-refractivity contribution in [1.82, 2.24) is 4.90 Å². The van der Waals surface area contributed by atoms with Gasteiger partial charge in [-0.15, -0.1) is 13.2 Å². The fraction of sp³-hybridized carbons (Fsp3) is 0.353.